The first-order valence-corrected chi connectivity index (χ1v) is 10.1. The number of hydrogen-bond acceptors (Lipinski definition) is 5. The molecule has 0 aliphatic carbocycles. The maximum atomic E-state index is 13.2. The maximum absolute atomic E-state index is 13.2. The first-order chi connectivity index (χ1) is 11.6. The lowest BCUT2D eigenvalue weighted by Crippen LogP contribution is -2.35. The van der Waals surface area contributed by atoms with Crippen LogP contribution >= 0.6 is 23.4 Å². The van der Waals surface area contributed by atoms with E-state index in [0.29, 0.717) is 11.8 Å². The SMILES string of the molecule is CSc1ccccc1S(=O)(=O)c1ccc(NC(=O)[C@](C)(O)F)c(Cl)c1. The standard InChI is InChI=1S/C16H15ClFNO4S2/c1-16(18,21)15(20)19-12-8-7-10(9-11(12)17)25(22,23)14-6-4-3-5-13(14)24-2/h3-9,21H,1-2H3,(H,19,20)/t16-/m0/s1. The van der Waals surface area contributed by atoms with E-state index >= 15 is 0 Å². The molecule has 1 atom stereocenters. The molecule has 0 heterocycles. The van der Waals surface area contributed by atoms with Crippen molar-refractivity contribution in [1.29, 1.82) is 0 Å². The number of alkyl halides is 1. The van der Waals surface area contributed by atoms with Crippen LogP contribution in [0.3, 0.4) is 0 Å². The van der Waals surface area contributed by atoms with Crippen LogP contribution in [0.5, 0.6) is 0 Å². The molecule has 2 rings (SSSR count). The number of benzene rings is 2. The predicted octanol–water partition coefficient (Wildman–Crippen LogP) is 3.51. The third-order valence-electron chi connectivity index (χ3n) is 3.27. The molecule has 2 aromatic carbocycles. The molecule has 0 bridgehead atoms. The van der Waals surface area contributed by atoms with Crippen molar-refractivity contribution in [1.82, 2.24) is 0 Å². The molecule has 0 fully saturated rings. The Bertz CT molecular complexity index is 911. The Balaban J connectivity index is 2.42. The van der Waals surface area contributed by atoms with E-state index in [1.165, 1.54) is 30.0 Å². The van der Waals surface area contributed by atoms with Crippen molar-refractivity contribution in [3.8, 4) is 0 Å². The summed E-state index contributed by atoms with van der Waals surface area (Å²) in [6, 6.07) is 10.2. The number of rotatable bonds is 5. The van der Waals surface area contributed by atoms with Crippen molar-refractivity contribution < 1.29 is 22.7 Å². The molecular weight excluding hydrogens is 389 g/mol. The highest BCUT2D eigenvalue weighted by atomic mass is 35.5. The van der Waals surface area contributed by atoms with E-state index in [1.54, 1.807) is 24.5 Å². The smallest absolute Gasteiger partial charge is 0.289 e. The zero-order chi connectivity index (χ0) is 18.8. The minimum Gasteiger partial charge on any atom is -0.355 e. The third kappa shape index (κ3) is 4.33. The highest BCUT2D eigenvalue weighted by Gasteiger charge is 2.30. The summed E-state index contributed by atoms with van der Waals surface area (Å²) in [4.78, 5) is 12.1. The molecule has 0 saturated heterocycles. The number of sulfone groups is 1. The number of thioether (sulfide) groups is 1. The van der Waals surface area contributed by atoms with Crippen LogP contribution in [0.4, 0.5) is 10.1 Å². The Labute approximate surface area is 154 Å². The minimum atomic E-state index is -3.82. The molecular formula is C16H15ClFNO4S2. The van der Waals surface area contributed by atoms with Crippen molar-refractivity contribution in [2.75, 3.05) is 11.6 Å². The van der Waals surface area contributed by atoms with Crippen LogP contribution in [0.25, 0.3) is 0 Å². The molecule has 0 aliphatic heterocycles. The van der Waals surface area contributed by atoms with E-state index in [2.05, 4.69) is 5.32 Å². The summed E-state index contributed by atoms with van der Waals surface area (Å²) in [5.41, 5.74) is -0.0123. The maximum Gasteiger partial charge on any atom is 0.289 e. The molecule has 1 amide bonds. The van der Waals surface area contributed by atoms with Gasteiger partial charge >= 0.3 is 0 Å². The van der Waals surface area contributed by atoms with E-state index in [9.17, 15) is 17.6 Å². The fraction of sp³-hybridized carbons (Fsp3) is 0.188. The van der Waals surface area contributed by atoms with Gasteiger partial charge in [-0.25, -0.2) is 12.8 Å². The van der Waals surface area contributed by atoms with E-state index in [0.717, 1.165) is 6.07 Å². The summed E-state index contributed by atoms with van der Waals surface area (Å²) >= 11 is 7.30. The lowest BCUT2D eigenvalue weighted by molar-refractivity contribution is -0.150. The number of carbonyl (C=O) groups is 1. The topological polar surface area (TPSA) is 83.5 Å². The van der Waals surface area contributed by atoms with Gasteiger partial charge in [0.1, 0.15) is 0 Å². The zero-order valence-corrected chi connectivity index (χ0v) is 15.7. The number of aliphatic hydroxyl groups is 1. The van der Waals surface area contributed by atoms with Gasteiger partial charge in [0, 0.05) is 11.8 Å². The Kier molecular flexibility index (Phi) is 5.78. The van der Waals surface area contributed by atoms with Gasteiger partial charge in [0.25, 0.3) is 11.8 Å². The first-order valence-electron chi connectivity index (χ1n) is 6.98. The summed E-state index contributed by atoms with van der Waals surface area (Å²) in [5.74, 6) is -4.39. The lowest BCUT2D eigenvalue weighted by atomic mass is 10.3. The van der Waals surface area contributed by atoms with Crippen LogP contribution in [0.15, 0.2) is 57.2 Å². The summed E-state index contributed by atoms with van der Waals surface area (Å²) in [6.07, 6.45) is 1.77. The fourth-order valence-electron chi connectivity index (χ4n) is 1.97. The molecule has 9 heteroatoms. The van der Waals surface area contributed by atoms with Crippen LogP contribution < -0.4 is 5.32 Å². The monoisotopic (exact) mass is 403 g/mol. The molecule has 25 heavy (non-hydrogen) atoms. The number of carbonyl (C=O) groups excluding carboxylic acids is 1. The lowest BCUT2D eigenvalue weighted by Gasteiger charge is -2.15. The average Bonchev–Trinajstić information content (AvgIpc) is 2.55. The van der Waals surface area contributed by atoms with E-state index in [1.807, 2.05) is 0 Å². The highest BCUT2D eigenvalue weighted by molar-refractivity contribution is 7.99. The van der Waals surface area contributed by atoms with Crippen molar-refractivity contribution in [2.24, 2.45) is 0 Å². The van der Waals surface area contributed by atoms with Gasteiger partial charge in [-0.15, -0.1) is 11.8 Å². The first kappa shape index (κ1) is 19.7. The number of anilines is 1. The molecule has 2 N–H and O–H groups in total. The summed E-state index contributed by atoms with van der Waals surface area (Å²) < 4.78 is 38.8. The number of nitrogens with one attached hydrogen (secondary N) is 1. The van der Waals surface area contributed by atoms with E-state index in [4.69, 9.17) is 16.7 Å². The molecule has 0 aromatic heterocycles. The Morgan fingerprint density at radius 3 is 2.48 bits per heavy atom. The fourth-order valence-corrected chi connectivity index (χ4v) is 4.69. The van der Waals surface area contributed by atoms with Gasteiger partial charge in [-0.2, -0.15) is 0 Å². The van der Waals surface area contributed by atoms with Gasteiger partial charge in [-0.3, -0.25) is 4.79 Å². The normalized spacial score (nSPS) is 14.0. The number of hydrogen-bond donors (Lipinski definition) is 2. The van der Waals surface area contributed by atoms with Crippen molar-refractivity contribution in [3.63, 3.8) is 0 Å². The van der Waals surface area contributed by atoms with Crippen LogP contribution in [0.2, 0.25) is 5.02 Å². The van der Waals surface area contributed by atoms with Crippen LogP contribution in [0, 0.1) is 0 Å². The van der Waals surface area contributed by atoms with Crippen LogP contribution in [-0.4, -0.2) is 31.5 Å². The van der Waals surface area contributed by atoms with Crippen LogP contribution in [0.1, 0.15) is 6.92 Å². The summed E-state index contributed by atoms with van der Waals surface area (Å²) in [7, 11) is -3.82. The molecule has 5 nitrogen and oxygen atoms in total. The van der Waals surface area contributed by atoms with Crippen LogP contribution in [-0.2, 0) is 14.6 Å². The largest absolute Gasteiger partial charge is 0.355 e. The third-order valence-corrected chi connectivity index (χ3v) is 6.32. The molecule has 0 radical (unpaired) electrons. The van der Waals surface area contributed by atoms with Crippen molar-refractivity contribution >= 4 is 44.8 Å². The Hall–Kier alpha value is -1.61. The second-order valence-corrected chi connectivity index (χ2v) is 8.38. The summed E-state index contributed by atoms with van der Waals surface area (Å²) in [5, 5.41) is 11.0. The van der Waals surface area contributed by atoms with Crippen molar-refractivity contribution in [3.05, 3.63) is 47.5 Å². The molecule has 0 spiro atoms. The molecule has 134 valence electrons. The molecule has 2 aromatic rings. The number of halogens is 2. The number of amides is 1. The van der Waals surface area contributed by atoms with Gasteiger partial charge in [0.05, 0.1) is 20.5 Å². The zero-order valence-electron chi connectivity index (χ0n) is 13.3. The van der Waals surface area contributed by atoms with Crippen molar-refractivity contribution in [2.45, 2.75) is 27.5 Å². The Morgan fingerprint density at radius 1 is 1.28 bits per heavy atom. The van der Waals surface area contributed by atoms with Gasteiger partial charge in [0.2, 0.25) is 9.84 Å². The highest BCUT2D eigenvalue weighted by Crippen LogP contribution is 2.33. The van der Waals surface area contributed by atoms with E-state index in [-0.39, 0.29) is 20.5 Å². The second kappa shape index (κ2) is 7.33. The van der Waals surface area contributed by atoms with E-state index < -0.39 is 21.6 Å². The molecule has 0 saturated carbocycles. The molecule has 0 aliphatic rings. The van der Waals surface area contributed by atoms with Gasteiger partial charge in [0.15, 0.2) is 0 Å². The summed E-state index contributed by atoms with van der Waals surface area (Å²) in [6.45, 7) is 0.675. The minimum absolute atomic E-state index is 0.0123. The second-order valence-electron chi connectivity index (χ2n) is 5.20. The average molecular weight is 404 g/mol. The van der Waals surface area contributed by atoms with Gasteiger partial charge in [-0.05, 0) is 36.6 Å². The quantitative estimate of drug-likeness (QED) is 0.746. The molecule has 0 unspecified atom stereocenters. The Morgan fingerprint density at radius 2 is 1.92 bits per heavy atom. The van der Waals surface area contributed by atoms with Gasteiger partial charge < -0.3 is 10.4 Å². The predicted molar refractivity (Wildman–Crippen MR) is 95.5 cm³/mol. The van der Waals surface area contributed by atoms with Gasteiger partial charge in [-0.1, -0.05) is 23.7 Å².